The smallest absolute Gasteiger partial charge is 0.222 e. The molecule has 0 bridgehead atoms. The minimum Gasteiger partial charge on any atom is -0.343 e. The second kappa shape index (κ2) is 7.93. The molecule has 3 nitrogen and oxygen atoms in total. The molecule has 1 fully saturated rings. The minimum absolute atomic E-state index is 0.250. The number of likely N-dealkylation sites (tertiary alicyclic amines) is 1. The summed E-state index contributed by atoms with van der Waals surface area (Å²) in [6, 6.07) is 0.436. The monoisotopic (exact) mass is 260 g/mol. The van der Waals surface area contributed by atoms with Gasteiger partial charge in [0.15, 0.2) is 0 Å². The normalized spacial score (nSPS) is 18.3. The summed E-state index contributed by atoms with van der Waals surface area (Å²) < 4.78 is 0. The number of nitrogens with zero attached hydrogens (tertiary/aromatic N) is 2. The van der Waals surface area contributed by atoms with Gasteiger partial charge in [0.2, 0.25) is 5.91 Å². The number of piperidine rings is 1. The molecule has 17 heavy (non-hydrogen) atoms. The highest BCUT2D eigenvalue weighted by Crippen LogP contribution is 2.16. The van der Waals surface area contributed by atoms with Crippen LogP contribution in [0.5, 0.6) is 0 Å². The Bertz CT molecular complexity index is 227. The van der Waals surface area contributed by atoms with Gasteiger partial charge in [-0.15, -0.1) is 11.6 Å². The first kappa shape index (κ1) is 14.8. The first-order chi connectivity index (χ1) is 8.19. The third-order valence-corrected chi connectivity index (χ3v) is 3.83. The molecule has 4 heteroatoms. The van der Waals surface area contributed by atoms with Gasteiger partial charge in [-0.25, -0.2) is 0 Å². The van der Waals surface area contributed by atoms with E-state index in [9.17, 15) is 4.79 Å². The lowest BCUT2D eigenvalue weighted by molar-refractivity contribution is -0.132. The van der Waals surface area contributed by atoms with Crippen LogP contribution in [0.25, 0.3) is 0 Å². The van der Waals surface area contributed by atoms with E-state index >= 15 is 0 Å². The topological polar surface area (TPSA) is 23.6 Å². The number of rotatable bonds is 6. The van der Waals surface area contributed by atoms with Gasteiger partial charge >= 0.3 is 0 Å². The predicted molar refractivity (Wildman–Crippen MR) is 72.5 cm³/mol. The van der Waals surface area contributed by atoms with Crippen molar-refractivity contribution in [3.05, 3.63) is 0 Å². The Morgan fingerprint density at radius 3 is 2.59 bits per heavy atom. The van der Waals surface area contributed by atoms with Crippen molar-refractivity contribution in [2.24, 2.45) is 0 Å². The van der Waals surface area contributed by atoms with Crippen molar-refractivity contribution in [1.29, 1.82) is 0 Å². The molecule has 0 radical (unpaired) electrons. The van der Waals surface area contributed by atoms with Gasteiger partial charge in [0.05, 0.1) is 0 Å². The van der Waals surface area contributed by atoms with Gasteiger partial charge < -0.3 is 9.80 Å². The number of amides is 1. The zero-order valence-corrected chi connectivity index (χ0v) is 11.9. The van der Waals surface area contributed by atoms with Crippen LogP contribution < -0.4 is 0 Å². The summed E-state index contributed by atoms with van der Waals surface area (Å²) in [7, 11) is 1.94. The van der Waals surface area contributed by atoms with Crippen molar-refractivity contribution in [3.63, 3.8) is 0 Å². The molecule has 0 aromatic heterocycles. The van der Waals surface area contributed by atoms with Crippen LogP contribution in [-0.2, 0) is 4.79 Å². The predicted octanol–water partition coefficient (Wildman–Crippen LogP) is 2.34. The molecular weight excluding hydrogens is 236 g/mol. The van der Waals surface area contributed by atoms with E-state index in [1.807, 2.05) is 11.9 Å². The van der Waals surface area contributed by atoms with Crippen LogP contribution in [0.15, 0.2) is 0 Å². The fraction of sp³-hybridized carbons (Fsp3) is 0.923. The minimum atomic E-state index is 0.250. The molecule has 1 heterocycles. The van der Waals surface area contributed by atoms with Crippen LogP contribution >= 0.6 is 11.6 Å². The average molecular weight is 261 g/mol. The fourth-order valence-electron chi connectivity index (χ4n) is 2.44. The molecular formula is C13H25ClN2O. The second-order valence-corrected chi connectivity index (χ2v) is 5.25. The Kier molecular flexibility index (Phi) is 6.90. The molecule has 1 aliphatic rings. The summed E-state index contributed by atoms with van der Waals surface area (Å²) in [5.74, 6) is 0.828. The number of halogens is 1. The number of hydrogen-bond acceptors (Lipinski definition) is 2. The Labute approximate surface area is 110 Å². The van der Waals surface area contributed by atoms with E-state index in [-0.39, 0.29) is 5.91 Å². The van der Waals surface area contributed by atoms with Crippen LogP contribution in [-0.4, -0.2) is 54.3 Å². The van der Waals surface area contributed by atoms with E-state index in [0.29, 0.717) is 18.3 Å². The van der Waals surface area contributed by atoms with Crippen molar-refractivity contribution in [1.82, 2.24) is 9.80 Å². The lowest BCUT2D eigenvalue weighted by Crippen LogP contribution is -2.45. The standard InChI is InChI=1S/C13H25ClN2O/c1-3-9-16-10-6-12(7-11-16)15(2)13(17)5-4-8-14/h12H,3-11H2,1-2H3. The lowest BCUT2D eigenvalue weighted by Gasteiger charge is -2.36. The summed E-state index contributed by atoms with van der Waals surface area (Å²) in [6.45, 7) is 5.67. The highest BCUT2D eigenvalue weighted by molar-refractivity contribution is 6.17. The summed E-state index contributed by atoms with van der Waals surface area (Å²) in [5, 5.41) is 0. The van der Waals surface area contributed by atoms with Gasteiger partial charge in [-0.2, -0.15) is 0 Å². The van der Waals surface area contributed by atoms with Crippen LogP contribution in [0.3, 0.4) is 0 Å². The molecule has 0 unspecified atom stereocenters. The quantitative estimate of drug-likeness (QED) is 0.685. The van der Waals surface area contributed by atoms with E-state index in [0.717, 1.165) is 32.4 Å². The Morgan fingerprint density at radius 1 is 1.41 bits per heavy atom. The second-order valence-electron chi connectivity index (χ2n) is 4.87. The number of hydrogen-bond donors (Lipinski definition) is 0. The average Bonchev–Trinajstić information content (AvgIpc) is 2.36. The summed E-state index contributed by atoms with van der Waals surface area (Å²) in [5.41, 5.74) is 0. The zero-order valence-electron chi connectivity index (χ0n) is 11.1. The van der Waals surface area contributed by atoms with Gasteiger partial charge in [0, 0.05) is 38.5 Å². The largest absolute Gasteiger partial charge is 0.343 e. The molecule has 0 atom stereocenters. The first-order valence-electron chi connectivity index (χ1n) is 6.73. The van der Waals surface area contributed by atoms with E-state index in [4.69, 9.17) is 11.6 Å². The van der Waals surface area contributed by atoms with Crippen molar-refractivity contribution in [2.45, 2.75) is 45.1 Å². The van der Waals surface area contributed by atoms with Crippen molar-refractivity contribution in [2.75, 3.05) is 32.6 Å². The molecule has 0 N–H and O–H groups in total. The van der Waals surface area contributed by atoms with Gasteiger partial charge in [0.25, 0.3) is 0 Å². The van der Waals surface area contributed by atoms with Crippen LogP contribution in [0.2, 0.25) is 0 Å². The van der Waals surface area contributed by atoms with Gasteiger partial charge in [-0.1, -0.05) is 6.92 Å². The summed E-state index contributed by atoms with van der Waals surface area (Å²) >= 11 is 5.61. The Morgan fingerprint density at radius 2 is 2.06 bits per heavy atom. The number of carbonyl (C=O) groups is 1. The Balaban J connectivity index is 2.29. The van der Waals surface area contributed by atoms with E-state index in [2.05, 4.69) is 11.8 Å². The van der Waals surface area contributed by atoms with Gasteiger partial charge in [0.1, 0.15) is 0 Å². The van der Waals surface area contributed by atoms with Gasteiger partial charge in [-0.3, -0.25) is 4.79 Å². The third kappa shape index (κ3) is 4.84. The van der Waals surface area contributed by atoms with Crippen LogP contribution in [0, 0.1) is 0 Å². The highest BCUT2D eigenvalue weighted by Gasteiger charge is 2.24. The van der Waals surface area contributed by atoms with E-state index in [1.165, 1.54) is 13.0 Å². The summed E-state index contributed by atoms with van der Waals surface area (Å²) in [4.78, 5) is 16.3. The molecule has 1 aliphatic heterocycles. The molecule has 1 rings (SSSR count). The third-order valence-electron chi connectivity index (χ3n) is 3.56. The van der Waals surface area contributed by atoms with E-state index < -0.39 is 0 Å². The SMILES string of the molecule is CCCN1CCC(N(C)C(=O)CCCCl)CC1. The van der Waals surface area contributed by atoms with Crippen LogP contribution in [0.4, 0.5) is 0 Å². The van der Waals surface area contributed by atoms with Crippen molar-refractivity contribution < 1.29 is 4.79 Å². The molecule has 100 valence electrons. The number of carbonyl (C=O) groups excluding carboxylic acids is 1. The zero-order chi connectivity index (χ0) is 12.7. The highest BCUT2D eigenvalue weighted by atomic mass is 35.5. The molecule has 0 aromatic rings. The molecule has 0 aromatic carbocycles. The molecule has 1 saturated heterocycles. The number of alkyl halides is 1. The molecule has 0 aliphatic carbocycles. The molecule has 0 spiro atoms. The maximum Gasteiger partial charge on any atom is 0.222 e. The first-order valence-corrected chi connectivity index (χ1v) is 7.26. The van der Waals surface area contributed by atoms with Crippen molar-refractivity contribution >= 4 is 17.5 Å². The summed E-state index contributed by atoms with van der Waals surface area (Å²) in [6.07, 6.45) is 4.83. The van der Waals surface area contributed by atoms with Crippen LogP contribution in [0.1, 0.15) is 39.0 Å². The maximum atomic E-state index is 11.9. The lowest BCUT2D eigenvalue weighted by atomic mass is 10.0. The van der Waals surface area contributed by atoms with Crippen molar-refractivity contribution in [3.8, 4) is 0 Å². The van der Waals surface area contributed by atoms with Gasteiger partial charge in [-0.05, 0) is 32.2 Å². The fourth-order valence-corrected chi connectivity index (χ4v) is 2.58. The Hall–Kier alpha value is -0.280. The molecule has 1 amide bonds. The van der Waals surface area contributed by atoms with E-state index in [1.54, 1.807) is 0 Å². The maximum absolute atomic E-state index is 11.9. The molecule has 0 saturated carbocycles.